The van der Waals surface area contributed by atoms with Gasteiger partial charge in [0, 0.05) is 23.4 Å². The molecule has 0 aliphatic rings. The molecular weight excluding hydrogens is 386 g/mol. The predicted octanol–water partition coefficient (Wildman–Crippen LogP) is 2.92. The van der Waals surface area contributed by atoms with Crippen molar-refractivity contribution in [1.82, 2.24) is 4.72 Å². The fourth-order valence-corrected chi connectivity index (χ4v) is 3.41. The minimum Gasteiger partial charge on any atom is -0.468 e. The highest BCUT2D eigenvalue weighted by Crippen LogP contribution is 2.19. The summed E-state index contributed by atoms with van der Waals surface area (Å²) in [6, 6.07) is 14.2. The maximum absolute atomic E-state index is 12.4. The molecule has 0 aliphatic carbocycles. The van der Waals surface area contributed by atoms with E-state index in [0.29, 0.717) is 5.76 Å². The Kier molecular flexibility index (Phi) is 5.52. The Morgan fingerprint density at radius 2 is 1.86 bits per heavy atom. The first-order chi connectivity index (χ1) is 13.3. The summed E-state index contributed by atoms with van der Waals surface area (Å²) in [6.45, 7) is -0.0283. The van der Waals surface area contributed by atoms with Crippen molar-refractivity contribution in [2.45, 2.75) is 11.4 Å². The maximum atomic E-state index is 12.4. The Bertz CT molecular complexity index is 1110. The minimum absolute atomic E-state index is 0.0283. The quantitative estimate of drug-likeness (QED) is 0.462. The number of furan rings is 1. The van der Waals surface area contributed by atoms with Crippen molar-refractivity contribution in [1.29, 1.82) is 0 Å². The van der Waals surface area contributed by atoms with Gasteiger partial charge in [0.05, 0.1) is 22.6 Å². The lowest BCUT2D eigenvalue weighted by Crippen LogP contribution is -2.23. The molecule has 0 saturated carbocycles. The number of anilines is 1. The van der Waals surface area contributed by atoms with Crippen LogP contribution in [0.15, 0.2) is 76.2 Å². The Hall–Kier alpha value is -3.50. The fraction of sp³-hybridized carbons (Fsp3) is 0.0556. The van der Waals surface area contributed by atoms with E-state index in [1.807, 2.05) is 0 Å². The van der Waals surface area contributed by atoms with E-state index in [1.54, 1.807) is 12.1 Å². The third-order valence-corrected chi connectivity index (χ3v) is 5.14. The van der Waals surface area contributed by atoms with Gasteiger partial charge in [-0.05, 0) is 36.4 Å². The molecule has 1 aromatic heterocycles. The Balaban J connectivity index is 1.75. The van der Waals surface area contributed by atoms with Gasteiger partial charge in [0.15, 0.2) is 0 Å². The van der Waals surface area contributed by atoms with Crippen LogP contribution in [0.5, 0.6) is 0 Å². The Morgan fingerprint density at radius 3 is 2.57 bits per heavy atom. The highest BCUT2D eigenvalue weighted by molar-refractivity contribution is 7.89. The molecule has 28 heavy (non-hydrogen) atoms. The van der Waals surface area contributed by atoms with Gasteiger partial charge in [-0.1, -0.05) is 12.1 Å². The number of nitrogens with zero attached hydrogens (tertiary/aromatic N) is 1. The van der Waals surface area contributed by atoms with Crippen LogP contribution >= 0.6 is 0 Å². The third kappa shape index (κ3) is 4.61. The van der Waals surface area contributed by atoms with Gasteiger partial charge in [-0.25, -0.2) is 13.1 Å². The van der Waals surface area contributed by atoms with Gasteiger partial charge in [0.1, 0.15) is 5.76 Å². The average Bonchev–Trinajstić information content (AvgIpc) is 3.20. The second kappa shape index (κ2) is 8.03. The lowest BCUT2D eigenvalue weighted by Gasteiger charge is -2.08. The van der Waals surface area contributed by atoms with E-state index in [9.17, 15) is 23.3 Å². The van der Waals surface area contributed by atoms with Crippen molar-refractivity contribution < 1.29 is 22.6 Å². The van der Waals surface area contributed by atoms with Crippen molar-refractivity contribution in [3.05, 3.63) is 88.4 Å². The summed E-state index contributed by atoms with van der Waals surface area (Å²) in [5.41, 5.74) is 0.145. The molecule has 2 N–H and O–H groups in total. The van der Waals surface area contributed by atoms with Crippen molar-refractivity contribution in [3.63, 3.8) is 0 Å². The summed E-state index contributed by atoms with van der Waals surface area (Å²) in [5, 5.41) is 13.3. The van der Waals surface area contributed by atoms with E-state index in [1.165, 1.54) is 54.8 Å². The van der Waals surface area contributed by atoms with Crippen molar-refractivity contribution in [2.24, 2.45) is 0 Å². The molecule has 10 heteroatoms. The van der Waals surface area contributed by atoms with Gasteiger partial charge >= 0.3 is 0 Å². The number of amides is 1. The number of carbonyl (C=O) groups excluding carboxylic acids is 1. The molecule has 0 aliphatic heterocycles. The predicted molar refractivity (Wildman–Crippen MR) is 100 cm³/mol. The first-order valence-electron chi connectivity index (χ1n) is 8.03. The van der Waals surface area contributed by atoms with E-state index in [-0.39, 0.29) is 28.4 Å². The zero-order chi connectivity index (χ0) is 20.1. The summed E-state index contributed by atoms with van der Waals surface area (Å²) >= 11 is 0. The number of nitro groups is 1. The second-order valence-electron chi connectivity index (χ2n) is 5.69. The molecule has 9 nitrogen and oxygen atoms in total. The smallest absolute Gasteiger partial charge is 0.271 e. The number of benzene rings is 2. The molecular formula is C18H15N3O6S. The number of hydrogen-bond acceptors (Lipinski definition) is 6. The zero-order valence-corrected chi connectivity index (χ0v) is 15.2. The number of nitrogens with one attached hydrogen (secondary N) is 2. The van der Waals surface area contributed by atoms with Gasteiger partial charge in [-0.3, -0.25) is 14.9 Å². The molecule has 0 spiro atoms. The first kappa shape index (κ1) is 19.3. The molecule has 1 heterocycles. The van der Waals surface area contributed by atoms with Crippen LogP contribution in [-0.2, 0) is 16.6 Å². The fourth-order valence-electron chi connectivity index (χ4n) is 2.37. The SMILES string of the molecule is O=C(Nc1cccc([N+](=O)[O-])c1)c1cccc(S(=O)(=O)NCc2ccco2)c1. The number of sulfonamides is 1. The van der Waals surface area contributed by atoms with Crippen molar-refractivity contribution >= 4 is 27.3 Å². The summed E-state index contributed by atoms with van der Waals surface area (Å²) < 4.78 is 32.3. The largest absolute Gasteiger partial charge is 0.468 e. The lowest BCUT2D eigenvalue weighted by atomic mass is 10.2. The molecule has 144 valence electrons. The van der Waals surface area contributed by atoms with Gasteiger partial charge < -0.3 is 9.73 Å². The highest BCUT2D eigenvalue weighted by Gasteiger charge is 2.17. The van der Waals surface area contributed by atoms with Crippen molar-refractivity contribution in [3.8, 4) is 0 Å². The van der Waals surface area contributed by atoms with E-state index in [2.05, 4.69) is 10.0 Å². The van der Waals surface area contributed by atoms with Gasteiger partial charge in [0.25, 0.3) is 11.6 Å². The number of carbonyl (C=O) groups is 1. The molecule has 3 aromatic rings. The highest BCUT2D eigenvalue weighted by atomic mass is 32.2. The molecule has 0 bridgehead atoms. The van der Waals surface area contributed by atoms with Gasteiger partial charge in [0.2, 0.25) is 10.0 Å². The number of non-ortho nitro benzene ring substituents is 1. The summed E-state index contributed by atoms with van der Waals surface area (Å²) in [5.74, 6) is -0.147. The molecule has 0 atom stereocenters. The standard InChI is InChI=1S/C18H15N3O6S/c22-18(20-14-5-2-6-15(11-14)21(23)24)13-4-1-8-17(10-13)28(25,26)19-12-16-7-3-9-27-16/h1-11,19H,12H2,(H,20,22). The minimum atomic E-state index is -3.86. The van der Waals surface area contributed by atoms with Crippen LogP contribution in [-0.4, -0.2) is 19.2 Å². The molecule has 0 unspecified atom stereocenters. The number of hydrogen-bond donors (Lipinski definition) is 2. The topological polar surface area (TPSA) is 132 Å². The molecule has 0 saturated heterocycles. The van der Waals surface area contributed by atoms with Crippen LogP contribution in [0, 0.1) is 10.1 Å². The van der Waals surface area contributed by atoms with Crippen LogP contribution in [0.1, 0.15) is 16.1 Å². The number of nitro benzene ring substituents is 1. The number of rotatable bonds is 7. The maximum Gasteiger partial charge on any atom is 0.271 e. The first-order valence-corrected chi connectivity index (χ1v) is 9.51. The van der Waals surface area contributed by atoms with Crippen LogP contribution < -0.4 is 10.0 Å². The van der Waals surface area contributed by atoms with E-state index >= 15 is 0 Å². The van der Waals surface area contributed by atoms with E-state index < -0.39 is 20.9 Å². The summed E-state index contributed by atoms with van der Waals surface area (Å²) in [4.78, 5) is 22.6. The normalized spacial score (nSPS) is 11.1. The molecule has 2 aromatic carbocycles. The second-order valence-corrected chi connectivity index (χ2v) is 7.46. The molecule has 0 radical (unpaired) electrons. The van der Waals surface area contributed by atoms with Crippen LogP contribution in [0.4, 0.5) is 11.4 Å². The lowest BCUT2D eigenvalue weighted by molar-refractivity contribution is -0.384. The molecule has 1 amide bonds. The van der Waals surface area contributed by atoms with Crippen molar-refractivity contribution in [2.75, 3.05) is 5.32 Å². The zero-order valence-electron chi connectivity index (χ0n) is 14.4. The van der Waals surface area contributed by atoms with E-state index in [0.717, 1.165) is 0 Å². The molecule has 3 rings (SSSR count). The van der Waals surface area contributed by atoms with Crippen LogP contribution in [0.25, 0.3) is 0 Å². The average molecular weight is 401 g/mol. The Morgan fingerprint density at radius 1 is 1.07 bits per heavy atom. The molecule has 0 fully saturated rings. The van der Waals surface area contributed by atoms with Crippen LogP contribution in [0.3, 0.4) is 0 Å². The van der Waals surface area contributed by atoms with Gasteiger partial charge in [-0.15, -0.1) is 0 Å². The third-order valence-electron chi connectivity index (χ3n) is 3.74. The van der Waals surface area contributed by atoms with E-state index in [4.69, 9.17) is 4.42 Å². The van der Waals surface area contributed by atoms with Crippen LogP contribution in [0.2, 0.25) is 0 Å². The summed E-state index contributed by atoms with van der Waals surface area (Å²) in [7, 11) is -3.86. The summed E-state index contributed by atoms with van der Waals surface area (Å²) in [6.07, 6.45) is 1.43. The van der Waals surface area contributed by atoms with Gasteiger partial charge in [-0.2, -0.15) is 0 Å². The monoisotopic (exact) mass is 401 g/mol. The Labute approximate surface area is 160 Å².